The summed E-state index contributed by atoms with van der Waals surface area (Å²) in [6, 6.07) is 0.221. The Hall–Kier alpha value is -0.570. The second-order valence-corrected chi connectivity index (χ2v) is 6.52. The van der Waals surface area contributed by atoms with E-state index in [-0.39, 0.29) is 17.9 Å². The van der Waals surface area contributed by atoms with Crippen molar-refractivity contribution in [3.05, 3.63) is 0 Å². The van der Waals surface area contributed by atoms with Crippen LogP contribution in [0.3, 0.4) is 0 Å². The van der Waals surface area contributed by atoms with Crippen molar-refractivity contribution in [2.24, 2.45) is 23.5 Å². The lowest BCUT2D eigenvalue weighted by Crippen LogP contribution is -2.41. The molecule has 3 N–H and O–H groups in total. The van der Waals surface area contributed by atoms with Crippen LogP contribution in [-0.2, 0) is 4.79 Å². The predicted molar refractivity (Wildman–Crippen MR) is 74.1 cm³/mol. The molecule has 0 aromatic rings. The van der Waals surface area contributed by atoms with E-state index in [9.17, 15) is 4.79 Å². The summed E-state index contributed by atoms with van der Waals surface area (Å²) < 4.78 is 0. The Morgan fingerprint density at radius 1 is 1.17 bits per heavy atom. The van der Waals surface area contributed by atoms with Crippen LogP contribution in [-0.4, -0.2) is 18.5 Å². The standard InChI is InChI=1S/C15H28N2O/c1-11-7-13(9-14(16)8-11)15(18)17-10-12-5-3-2-4-6-12/h11-14H,2-10,16H2,1H3,(H,17,18). The summed E-state index contributed by atoms with van der Waals surface area (Å²) in [6.45, 7) is 3.10. The summed E-state index contributed by atoms with van der Waals surface area (Å²) in [7, 11) is 0. The highest BCUT2D eigenvalue weighted by atomic mass is 16.1. The maximum Gasteiger partial charge on any atom is 0.223 e. The van der Waals surface area contributed by atoms with Gasteiger partial charge in [0.25, 0.3) is 0 Å². The molecule has 104 valence electrons. The van der Waals surface area contributed by atoms with Gasteiger partial charge in [-0.2, -0.15) is 0 Å². The molecule has 2 aliphatic carbocycles. The van der Waals surface area contributed by atoms with Crippen LogP contribution in [0.5, 0.6) is 0 Å². The van der Waals surface area contributed by atoms with Crippen molar-refractivity contribution in [2.45, 2.75) is 64.3 Å². The minimum absolute atomic E-state index is 0.160. The molecule has 2 saturated carbocycles. The molecular weight excluding hydrogens is 224 g/mol. The quantitative estimate of drug-likeness (QED) is 0.810. The number of nitrogens with one attached hydrogen (secondary N) is 1. The van der Waals surface area contributed by atoms with Gasteiger partial charge in [0.15, 0.2) is 0 Å². The number of rotatable bonds is 3. The highest BCUT2D eigenvalue weighted by Crippen LogP contribution is 2.28. The second-order valence-electron chi connectivity index (χ2n) is 6.52. The van der Waals surface area contributed by atoms with Crippen molar-refractivity contribution in [2.75, 3.05) is 6.54 Å². The number of amides is 1. The van der Waals surface area contributed by atoms with Crippen molar-refractivity contribution in [3.63, 3.8) is 0 Å². The maximum absolute atomic E-state index is 12.2. The van der Waals surface area contributed by atoms with Gasteiger partial charge in [-0.25, -0.2) is 0 Å². The average Bonchev–Trinajstić information content (AvgIpc) is 2.36. The zero-order valence-electron chi connectivity index (χ0n) is 11.7. The molecule has 2 fully saturated rings. The number of hydrogen-bond donors (Lipinski definition) is 2. The van der Waals surface area contributed by atoms with Crippen LogP contribution in [0.15, 0.2) is 0 Å². The van der Waals surface area contributed by atoms with Crippen LogP contribution in [0.1, 0.15) is 58.3 Å². The first kappa shape index (κ1) is 13.9. The van der Waals surface area contributed by atoms with E-state index in [0.29, 0.717) is 5.92 Å². The molecule has 0 spiro atoms. The average molecular weight is 252 g/mol. The fourth-order valence-corrected chi connectivity index (χ4v) is 3.65. The van der Waals surface area contributed by atoms with E-state index in [1.807, 2.05) is 0 Å². The van der Waals surface area contributed by atoms with Crippen molar-refractivity contribution in [1.29, 1.82) is 0 Å². The Labute approximate surface area is 111 Å². The van der Waals surface area contributed by atoms with Crippen molar-refractivity contribution in [1.82, 2.24) is 5.32 Å². The predicted octanol–water partition coefficient (Wildman–Crippen LogP) is 2.45. The van der Waals surface area contributed by atoms with Gasteiger partial charge < -0.3 is 11.1 Å². The number of carbonyl (C=O) groups is 1. The molecule has 3 atom stereocenters. The van der Waals surface area contributed by atoms with E-state index in [4.69, 9.17) is 5.73 Å². The van der Waals surface area contributed by atoms with Crippen LogP contribution in [0.2, 0.25) is 0 Å². The summed E-state index contributed by atoms with van der Waals surface area (Å²) in [6.07, 6.45) is 9.61. The highest BCUT2D eigenvalue weighted by Gasteiger charge is 2.29. The fourth-order valence-electron chi connectivity index (χ4n) is 3.65. The smallest absolute Gasteiger partial charge is 0.223 e. The maximum atomic E-state index is 12.2. The van der Waals surface area contributed by atoms with E-state index >= 15 is 0 Å². The zero-order chi connectivity index (χ0) is 13.0. The third-order valence-corrected chi connectivity index (χ3v) is 4.64. The third kappa shape index (κ3) is 3.98. The van der Waals surface area contributed by atoms with Gasteiger partial charge in [-0.05, 0) is 43.9 Å². The molecule has 0 radical (unpaired) electrons. The van der Waals surface area contributed by atoms with E-state index < -0.39 is 0 Å². The topological polar surface area (TPSA) is 55.1 Å². The van der Waals surface area contributed by atoms with Gasteiger partial charge in [-0.1, -0.05) is 26.2 Å². The molecule has 0 aliphatic heterocycles. The van der Waals surface area contributed by atoms with Gasteiger partial charge in [0.2, 0.25) is 5.91 Å². The van der Waals surface area contributed by atoms with Gasteiger partial charge >= 0.3 is 0 Å². The van der Waals surface area contributed by atoms with Gasteiger partial charge in [0.1, 0.15) is 0 Å². The molecule has 18 heavy (non-hydrogen) atoms. The Kier molecular flexibility index (Phi) is 5.04. The fraction of sp³-hybridized carbons (Fsp3) is 0.933. The summed E-state index contributed by atoms with van der Waals surface area (Å²) in [5.41, 5.74) is 6.01. The molecule has 0 saturated heterocycles. The second kappa shape index (κ2) is 6.55. The highest BCUT2D eigenvalue weighted by molar-refractivity contribution is 5.78. The molecule has 2 aliphatic rings. The molecule has 0 aromatic carbocycles. The largest absolute Gasteiger partial charge is 0.356 e. The normalized spacial score (nSPS) is 34.2. The lowest BCUT2D eigenvalue weighted by atomic mass is 9.79. The van der Waals surface area contributed by atoms with Crippen molar-refractivity contribution in [3.8, 4) is 0 Å². The van der Waals surface area contributed by atoms with Crippen LogP contribution >= 0.6 is 0 Å². The van der Waals surface area contributed by atoms with Gasteiger partial charge in [0, 0.05) is 18.5 Å². The van der Waals surface area contributed by atoms with E-state index in [0.717, 1.165) is 31.7 Å². The van der Waals surface area contributed by atoms with E-state index in [2.05, 4.69) is 12.2 Å². The molecule has 3 heteroatoms. The molecule has 0 bridgehead atoms. The Balaban J connectivity index is 1.73. The first-order valence-corrected chi connectivity index (χ1v) is 7.68. The van der Waals surface area contributed by atoms with E-state index in [1.165, 1.54) is 32.1 Å². The van der Waals surface area contributed by atoms with Gasteiger partial charge in [0.05, 0.1) is 0 Å². The SMILES string of the molecule is CC1CC(N)CC(C(=O)NCC2CCCCC2)C1. The molecule has 2 rings (SSSR count). The minimum Gasteiger partial charge on any atom is -0.356 e. The third-order valence-electron chi connectivity index (χ3n) is 4.64. The first-order chi connectivity index (χ1) is 8.65. The monoisotopic (exact) mass is 252 g/mol. The van der Waals surface area contributed by atoms with Crippen LogP contribution < -0.4 is 11.1 Å². The van der Waals surface area contributed by atoms with Crippen LogP contribution in [0.25, 0.3) is 0 Å². The molecular formula is C15H28N2O. The molecule has 3 nitrogen and oxygen atoms in total. The Morgan fingerprint density at radius 2 is 1.89 bits per heavy atom. The van der Waals surface area contributed by atoms with Gasteiger partial charge in [-0.15, -0.1) is 0 Å². The van der Waals surface area contributed by atoms with E-state index in [1.54, 1.807) is 0 Å². The first-order valence-electron chi connectivity index (χ1n) is 7.68. The summed E-state index contributed by atoms with van der Waals surface area (Å²) >= 11 is 0. The van der Waals surface area contributed by atoms with Gasteiger partial charge in [-0.3, -0.25) is 4.79 Å². The molecule has 0 heterocycles. The Bertz CT molecular complexity index is 264. The zero-order valence-corrected chi connectivity index (χ0v) is 11.7. The number of nitrogens with two attached hydrogens (primary N) is 1. The summed E-state index contributed by atoms with van der Waals surface area (Å²) in [5, 5.41) is 3.17. The lowest BCUT2D eigenvalue weighted by molar-refractivity contribution is -0.126. The molecule has 3 unspecified atom stereocenters. The lowest BCUT2D eigenvalue weighted by Gasteiger charge is -2.31. The molecule has 0 aromatic heterocycles. The van der Waals surface area contributed by atoms with Crippen LogP contribution in [0, 0.1) is 17.8 Å². The molecule has 1 amide bonds. The van der Waals surface area contributed by atoms with Crippen molar-refractivity contribution >= 4 is 5.91 Å². The number of carbonyl (C=O) groups excluding carboxylic acids is 1. The van der Waals surface area contributed by atoms with Crippen molar-refractivity contribution < 1.29 is 4.79 Å². The Morgan fingerprint density at radius 3 is 2.56 bits per heavy atom. The van der Waals surface area contributed by atoms with Crippen LogP contribution in [0.4, 0.5) is 0 Å². The summed E-state index contributed by atoms with van der Waals surface area (Å²) in [4.78, 5) is 12.2. The number of hydrogen-bond acceptors (Lipinski definition) is 2. The summed E-state index contributed by atoms with van der Waals surface area (Å²) in [5.74, 6) is 1.73. The minimum atomic E-state index is 0.160.